The van der Waals surface area contributed by atoms with Crippen molar-refractivity contribution < 1.29 is 9.32 Å². The quantitative estimate of drug-likeness (QED) is 0.790. The maximum Gasteiger partial charge on any atom is 0.290 e. The lowest BCUT2D eigenvalue weighted by molar-refractivity contribution is 0.0916. The molecule has 4 heterocycles. The monoisotopic (exact) mass is 329 g/mol. The zero-order valence-corrected chi connectivity index (χ0v) is 13.2. The van der Waals surface area contributed by atoms with Gasteiger partial charge < -0.3 is 14.7 Å². The molecule has 3 aromatic heterocycles. The van der Waals surface area contributed by atoms with Crippen LogP contribution in [0, 0.1) is 0 Å². The third kappa shape index (κ3) is 2.77. The standard InChI is InChI=1S/C15H15N5O2S/c21-14(12-11-4-3-5-16-13(11)19-22-12)17-8-10-9-23-15(18-10)20-6-1-2-7-20/h3-5,9H,1-2,6-8H2,(H,17,21). The fraction of sp³-hybridized carbons (Fsp3) is 0.333. The largest absolute Gasteiger partial charge is 0.348 e. The number of carbonyl (C=O) groups is 1. The highest BCUT2D eigenvalue weighted by atomic mass is 32.1. The molecule has 118 valence electrons. The van der Waals surface area contributed by atoms with Gasteiger partial charge in [-0.2, -0.15) is 0 Å². The molecule has 1 N–H and O–H groups in total. The molecule has 0 radical (unpaired) electrons. The van der Waals surface area contributed by atoms with Crippen molar-refractivity contribution in [3.05, 3.63) is 35.2 Å². The molecule has 1 fully saturated rings. The summed E-state index contributed by atoms with van der Waals surface area (Å²) >= 11 is 1.62. The molecule has 0 saturated carbocycles. The fourth-order valence-corrected chi connectivity index (χ4v) is 3.51. The van der Waals surface area contributed by atoms with Gasteiger partial charge in [-0.05, 0) is 25.0 Å². The molecule has 7 nitrogen and oxygen atoms in total. The Morgan fingerprint density at radius 2 is 2.26 bits per heavy atom. The number of hydrogen-bond donors (Lipinski definition) is 1. The Kier molecular flexibility index (Phi) is 3.66. The van der Waals surface area contributed by atoms with Gasteiger partial charge >= 0.3 is 0 Å². The molecule has 0 aliphatic carbocycles. The van der Waals surface area contributed by atoms with Crippen molar-refractivity contribution in [3.8, 4) is 0 Å². The van der Waals surface area contributed by atoms with Gasteiger partial charge in [0.05, 0.1) is 17.6 Å². The number of amides is 1. The molecule has 1 saturated heterocycles. The van der Waals surface area contributed by atoms with Crippen molar-refractivity contribution in [2.24, 2.45) is 0 Å². The second-order valence-electron chi connectivity index (χ2n) is 5.38. The molecule has 1 aliphatic rings. The van der Waals surface area contributed by atoms with Crippen molar-refractivity contribution >= 4 is 33.4 Å². The normalized spacial score (nSPS) is 14.5. The summed E-state index contributed by atoms with van der Waals surface area (Å²) in [6.07, 6.45) is 4.05. The van der Waals surface area contributed by atoms with E-state index in [1.807, 2.05) is 5.38 Å². The van der Waals surface area contributed by atoms with E-state index in [0.29, 0.717) is 17.6 Å². The molecule has 0 atom stereocenters. The van der Waals surface area contributed by atoms with Gasteiger partial charge in [-0.15, -0.1) is 11.3 Å². The van der Waals surface area contributed by atoms with Gasteiger partial charge in [-0.1, -0.05) is 5.16 Å². The van der Waals surface area contributed by atoms with Crippen LogP contribution >= 0.6 is 11.3 Å². The first-order chi connectivity index (χ1) is 11.3. The Morgan fingerprint density at radius 1 is 1.39 bits per heavy atom. The van der Waals surface area contributed by atoms with Crippen LogP contribution in [0.1, 0.15) is 29.1 Å². The maximum absolute atomic E-state index is 12.2. The van der Waals surface area contributed by atoms with E-state index >= 15 is 0 Å². The number of nitrogens with one attached hydrogen (secondary N) is 1. The molecule has 0 unspecified atom stereocenters. The van der Waals surface area contributed by atoms with Crippen LogP contribution < -0.4 is 10.2 Å². The Bertz CT molecular complexity index is 837. The van der Waals surface area contributed by atoms with Crippen molar-refractivity contribution in [2.75, 3.05) is 18.0 Å². The summed E-state index contributed by atoms with van der Waals surface area (Å²) < 4.78 is 5.10. The van der Waals surface area contributed by atoms with Gasteiger partial charge in [-0.3, -0.25) is 4.79 Å². The van der Waals surface area contributed by atoms with E-state index in [-0.39, 0.29) is 11.7 Å². The summed E-state index contributed by atoms with van der Waals surface area (Å²) in [6.45, 7) is 2.50. The summed E-state index contributed by atoms with van der Waals surface area (Å²) in [5, 5.41) is 10.2. The lowest BCUT2D eigenvalue weighted by Gasteiger charge is -2.12. The van der Waals surface area contributed by atoms with Crippen LogP contribution in [0.3, 0.4) is 0 Å². The molecule has 1 aliphatic heterocycles. The van der Waals surface area contributed by atoms with Gasteiger partial charge in [0.1, 0.15) is 0 Å². The first kappa shape index (κ1) is 14.1. The number of carbonyl (C=O) groups excluding carboxylic acids is 1. The third-order valence-electron chi connectivity index (χ3n) is 3.81. The second-order valence-corrected chi connectivity index (χ2v) is 6.22. The molecule has 3 aromatic rings. The summed E-state index contributed by atoms with van der Waals surface area (Å²) in [5.41, 5.74) is 1.29. The van der Waals surface area contributed by atoms with Gasteiger partial charge in [0.15, 0.2) is 5.13 Å². The highest BCUT2D eigenvalue weighted by Gasteiger charge is 2.18. The molecular formula is C15H15N5O2S. The second kappa shape index (κ2) is 5.96. The maximum atomic E-state index is 12.2. The summed E-state index contributed by atoms with van der Waals surface area (Å²) in [6, 6.07) is 3.52. The van der Waals surface area contributed by atoms with Crippen LogP contribution in [0.25, 0.3) is 11.0 Å². The van der Waals surface area contributed by atoms with E-state index in [2.05, 4.69) is 25.3 Å². The molecular weight excluding hydrogens is 314 g/mol. The first-order valence-corrected chi connectivity index (χ1v) is 8.37. The number of nitrogens with zero attached hydrogens (tertiary/aromatic N) is 4. The Labute approximate surface area is 136 Å². The average molecular weight is 329 g/mol. The van der Waals surface area contributed by atoms with Gasteiger partial charge in [0, 0.05) is 24.7 Å². The van der Waals surface area contributed by atoms with Crippen molar-refractivity contribution in [3.63, 3.8) is 0 Å². The SMILES string of the molecule is O=C(NCc1csc(N2CCCC2)n1)c1onc2ncccc12. The van der Waals surface area contributed by atoms with Crippen LogP contribution in [-0.2, 0) is 6.54 Å². The van der Waals surface area contributed by atoms with Crippen LogP contribution in [0.4, 0.5) is 5.13 Å². The summed E-state index contributed by atoms with van der Waals surface area (Å²) in [5.74, 6) is -0.126. The first-order valence-electron chi connectivity index (χ1n) is 7.49. The Morgan fingerprint density at radius 3 is 3.13 bits per heavy atom. The van der Waals surface area contributed by atoms with E-state index in [4.69, 9.17) is 4.52 Å². The number of hydrogen-bond acceptors (Lipinski definition) is 7. The molecule has 4 rings (SSSR count). The van der Waals surface area contributed by atoms with Crippen LogP contribution in [0.5, 0.6) is 0 Å². The van der Waals surface area contributed by atoms with Crippen LogP contribution in [-0.4, -0.2) is 34.1 Å². The molecule has 8 heteroatoms. The highest BCUT2D eigenvalue weighted by molar-refractivity contribution is 7.13. The number of aromatic nitrogens is 3. The minimum Gasteiger partial charge on any atom is -0.348 e. The Balaban J connectivity index is 1.43. The van der Waals surface area contributed by atoms with E-state index in [9.17, 15) is 4.79 Å². The van der Waals surface area contributed by atoms with E-state index in [1.165, 1.54) is 12.8 Å². The molecule has 0 aromatic carbocycles. The number of fused-ring (bicyclic) bond motifs is 1. The molecule has 1 amide bonds. The fourth-order valence-electron chi connectivity index (χ4n) is 2.63. The lowest BCUT2D eigenvalue weighted by atomic mass is 10.2. The van der Waals surface area contributed by atoms with Gasteiger partial charge in [0.2, 0.25) is 11.4 Å². The highest BCUT2D eigenvalue weighted by Crippen LogP contribution is 2.24. The van der Waals surface area contributed by atoms with Crippen molar-refractivity contribution in [1.29, 1.82) is 0 Å². The summed E-state index contributed by atoms with van der Waals surface area (Å²) in [7, 11) is 0. The number of anilines is 1. The van der Waals surface area contributed by atoms with Gasteiger partial charge in [-0.25, -0.2) is 9.97 Å². The van der Waals surface area contributed by atoms with E-state index in [0.717, 1.165) is 23.9 Å². The minimum absolute atomic E-state index is 0.183. The molecule has 23 heavy (non-hydrogen) atoms. The number of thiazole rings is 1. The van der Waals surface area contributed by atoms with E-state index in [1.54, 1.807) is 29.7 Å². The zero-order valence-electron chi connectivity index (χ0n) is 12.4. The molecule has 0 bridgehead atoms. The average Bonchev–Trinajstić information content (AvgIpc) is 3.31. The smallest absolute Gasteiger partial charge is 0.290 e. The van der Waals surface area contributed by atoms with Gasteiger partial charge in [0.25, 0.3) is 5.91 Å². The lowest BCUT2D eigenvalue weighted by Crippen LogP contribution is -2.23. The molecule has 0 spiro atoms. The number of pyridine rings is 1. The number of rotatable bonds is 4. The zero-order chi connectivity index (χ0) is 15.6. The third-order valence-corrected chi connectivity index (χ3v) is 4.76. The van der Waals surface area contributed by atoms with Crippen molar-refractivity contribution in [2.45, 2.75) is 19.4 Å². The topological polar surface area (TPSA) is 84.2 Å². The van der Waals surface area contributed by atoms with Crippen LogP contribution in [0.15, 0.2) is 28.2 Å². The van der Waals surface area contributed by atoms with E-state index < -0.39 is 0 Å². The predicted octanol–water partition coefficient (Wildman–Crippen LogP) is 2.21. The summed E-state index contributed by atoms with van der Waals surface area (Å²) in [4.78, 5) is 23.2. The Hall–Kier alpha value is -2.48. The minimum atomic E-state index is -0.309. The van der Waals surface area contributed by atoms with Crippen molar-refractivity contribution in [1.82, 2.24) is 20.4 Å². The van der Waals surface area contributed by atoms with Crippen LogP contribution in [0.2, 0.25) is 0 Å². The predicted molar refractivity (Wildman–Crippen MR) is 86.5 cm³/mol.